The summed E-state index contributed by atoms with van der Waals surface area (Å²) in [4.78, 5) is 13.3. The molecule has 0 spiro atoms. The van der Waals surface area contributed by atoms with Crippen molar-refractivity contribution in [3.8, 4) is 0 Å². The first-order valence-corrected chi connectivity index (χ1v) is 7.76. The Hall–Kier alpha value is -1.65. The quantitative estimate of drug-likeness (QED) is 0.855. The molecule has 0 aliphatic rings. The molecule has 0 fully saturated rings. The lowest BCUT2D eigenvalue weighted by atomic mass is 10.1. The minimum absolute atomic E-state index is 0.0213. The highest BCUT2D eigenvalue weighted by atomic mass is 79.9. The molecule has 0 aromatic heterocycles. The van der Waals surface area contributed by atoms with E-state index in [-0.39, 0.29) is 5.91 Å². The molecule has 2 aromatic rings. The Morgan fingerprint density at radius 2 is 1.81 bits per heavy atom. The van der Waals surface area contributed by atoms with E-state index < -0.39 is 0 Å². The van der Waals surface area contributed by atoms with Crippen molar-refractivity contribution >= 4 is 27.5 Å². The molecule has 0 saturated carbocycles. The van der Waals surface area contributed by atoms with E-state index in [4.69, 9.17) is 0 Å². The SMILES string of the molecule is Cc1ccccc1C[NH+](C)CC(=O)Nc1ccccc1Br. The molecule has 0 heterocycles. The van der Waals surface area contributed by atoms with Crippen molar-refractivity contribution in [1.82, 2.24) is 0 Å². The summed E-state index contributed by atoms with van der Waals surface area (Å²) in [5, 5.41) is 2.93. The Kier molecular flexibility index (Phi) is 5.53. The van der Waals surface area contributed by atoms with E-state index in [0.717, 1.165) is 21.6 Å². The summed E-state index contributed by atoms with van der Waals surface area (Å²) in [7, 11) is 2.03. The Morgan fingerprint density at radius 3 is 2.52 bits per heavy atom. The molecule has 1 unspecified atom stereocenters. The fourth-order valence-corrected chi connectivity index (χ4v) is 2.61. The van der Waals surface area contributed by atoms with E-state index in [2.05, 4.69) is 40.3 Å². The van der Waals surface area contributed by atoms with Gasteiger partial charge in [-0.1, -0.05) is 36.4 Å². The lowest BCUT2D eigenvalue weighted by Crippen LogP contribution is -3.08. The Labute approximate surface area is 134 Å². The average molecular weight is 348 g/mol. The number of anilines is 1. The Morgan fingerprint density at radius 1 is 1.14 bits per heavy atom. The van der Waals surface area contributed by atoms with Gasteiger partial charge in [0.2, 0.25) is 0 Å². The molecule has 0 bridgehead atoms. The average Bonchev–Trinajstić information content (AvgIpc) is 2.44. The number of hydrogen-bond donors (Lipinski definition) is 2. The maximum atomic E-state index is 12.1. The van der Waals surface area contributed by atoms with Gasteiger partial charge in [0.25, 0.3) is 5.91 Å². The summed E-state index contributed by atoms with van der Waals surface area (Å²) in [6.07, 6.45) is 0. The van der Waals surface area contributed by atoms with Gasteiger partial charge in [-0.3, -0.25) is 4.79 Å². The molecule has 21 heavy (non-hydrogen) atoms. The Balaban J connectivity index is 1.91. The predicted octanol–water partition coefficient (Wildman–Crippen LogP) is 2.41. The second kappa shape index (κ2) is 7.38. The summed E-state index contributed by atoms with van der Waals surface area (Å²) >= 11 is 3.43. The minimum Gasteiger partial charge on any atom is -0.326 e. The van der Waals surface area contributed by atoms with Crippen molar-refractivity contribution < 1.29 is 9.69 Å². The van der Waals surface area contributed by atoms with Gasteiger partial charge in [0.15, 0.2) is 6.54 Å². The minimum atomic E-state index is 0.0213. The van der Waals surface area contributed by atoms with Crippen LogP contribution >= 0.6 is 15.9 Å². The zero-order chi connectivity index (χ0) is 15.2. The number of likely N-dealkylation sites (N-methyl/N-ethyl adjacent to an activating group) is 1. The lowest BCUT2D eigenvalue weighted by molar-refractivity contribution is -0.885. The molecule has 110 valence electrons. The van der Waals surface area contributed by atoms with E-state index in [1.807, 2.05) is 43.4 Å². The van der Waals surface area contributed by atoms with E-state index >= 15 is 0 Å². The van der Waals surface area contributed by atoms with Gasteiger partial charge < -0.3 is 10.2 Å². The van der Waals surface area contributed by atoms with Crippen LogP contribution in [0.15, 0.2) is 53.0 Å². The largest absolute Gasteiger partial charge is 0.326 e. The smallest absolute Gasteiger partial charge is 0.279 e. The standard InChI is InChI=1S/C17H19BrN2O/c1-13-7-3-4-8-14(13)11-20(2)12-17(21)19-16-10-6-5-9-15(16)18/h3-10H,11-12H2,1-2H3,(H,19,21)/p+1. The summed E-state index contributed by atoms with van der Waals surface area (Å²) in [6.45, 7) is 3.38. The van der Waals surface area contributed by atoms with Gasteiger partial charge in [-0.15, -0.1) is 0 Å². The second-order valence-electron chi connectivity index (χ2n) is 5.27. The molecule has 1 amide bonds. The normalized spacial score (nSPS) is 12.0. The molecule has 2 aromatic carbocycles. The van der Waals surface area contributed by atoms with Gasteiger partial charge in [0, 0.05) is 10.0 Å². The van der Waals surface area contributed by atoms with Gasteiger partial charge in [-0.25, -0.2) is 0 Å². The molecular formula is C17H20BrN2O+. The number of benzene rings is 2. The van der Waals surface area contributed by atoms with Crippen LogP contribution in [0.4, 0.5) is 5.69 Å². The van der Waals surface area contributed by atoms with Crippen molar-refractivity contribution in [2.75, 3.05) is 18.9 Å². The third kappa shape index (κ3) is 4.69. The number of carbonyl (C=O) groups is 1. The first kappa shape index (κ1) is 15.7. The van der Waals surface area contributed by atoms with Crippen LogP contribution in [0.25, 0.3) is 0 Å². The van der Waals surface area contributed by atoms with E-state index in [1.165, 1.54) is 11.1 Å². The van der Waals surface area contributed by atoms with Gasteiger partial charge in [0.05, 0.1) is 12.7 Å². The number of amides is 1. The van der Waals surface area contributed by atoms with Crippen LogP contribution in [0.3, 0.4) is 0 Å². The molecule has 2 rings (SSSR count). The number of aryl methyl sites for hydroxylation is 1. The summed E-state index contributed by atoms with van der Waals surface area (Å²) in [6, 6.07) is 15.9. The maximum absolute atomic E-state index is 12.1. The van der Waals surface area contributed by atoms with Crippen LogP contribution in [0.5, 0.6) is 0 Å². The van der Waals surface area contributed by atoms with Gasteiger partial charge in [0.1, 0.15) is 6.54 Å². The first-order chi connectivity index (χ1) is 10.1. The van der Waals surface area contributed by atoms with Gasteiger partial charge in [-0.05, 0) is 40.5 Å². The topological polar surface area (TPSA) is 33.5 Å². The molecule has 0 aliphatic heterocycles. The van der Waals surface area contributed by atoms with Crippen LogP contribution in [0.2, 0.25) is 0 Å². The molecule has 1 atom stereocenters. The monoisotopic (exact) mass is 347 g/mol. The van der Waals surface area contributed by atoms with Crippen molar-refractivity contribution in [2.24, 2.45) is 0 Å². The number of nitrogens with one attached hydrogen (secondary N) is 2. The molecular weight excluding hydrogens is 328 g/mol. The zero-order valence-corrected chi connectivity index (χ0v) is 13.9. The number of rotatable bonds is 5. The highest BCUT2D eigenvalue weighted by Gasteiger charge is 2.12. The Bertz CT molecular complexity index is 628. The summed E-state index contributed by atoms with van der Waals surface area (Å²) in [5.74, 6) is 0.0213. The highest BCUT2D eigenvalue weighted by molar-refractivity contribution is 9.10. The molecule has 0 aliphatic carbocycles. The number of carbonyl (C=O) groups excluding carboxylic acids is 1. The van der Waals surface area contributed by atoms with Crippen LogP contribution in [0, 0.1) is 6.92 Å². The van der Waals surface area contributed by atoms with Gasteiger partial charge >= 0.3 is 0 Å². The number of hydrogen-bond acceptors (Lipinski definition) is 1. The molecule has 2 N–H and O–H groups in total. The number of para-hydroxylation sites is 1. The fraction of sp³-hybridized carbons (Fsp3) is 0.235. The predicted molar refractivity (Wildman–Crippen MR) is 89.4 cm³/mol. The van der Waals surface area contributed by atoms with Crippen molar-refractivity contribution in [1.29, 1.82) is 0 Å². The summed E-state index contributed by atoms with van der Waals surface area (Å²) in [5.41, 5.74) is 3.36. The number of halogens is 1. The lowest BCUT2D eigenvalue weighted by Gasteiger charge is -2.15. The molecule has 3 nitrogen and oxygen atoms in total. The second-order valence-corrected chi connectivity index (χ2v) is 6.12. The van der Waals surface area contributed by atoms with E-state index in [0.29, 0.717) is 6.54 Å². The van der Waals surface area contributed by atoms with E-state index in [9.17, 15) is 4.79 Å². The van der Waals surface area contributed by atoms with Crippen molar-refractivity contribution in [2.45, 2.75) is 13.5 Å². The van der Waals surface area contributed by atoms with Crippen LogP contribution in [-0.2, 0) is 11.3 Å². The third-order valence-corrected chi connectivity index (χ3v) is 4.06. The van der Waals surface area contributed by atoms with Crippen LogP contribution < -0.4 is 10.2 Å². The first-order valence-electron chi connectivity index (χ1n) is 6.96. The molecule has 0 saturated heterocycles. The fourth-order valence-electron chi connectivity index (χ4n) is 2.23. The van der Waals surface area contributed by atoms with E-state index in [1.54, 1.807) is 0 Å². The zero-order valence-electron chi connectivity index (χ0n) is 12.3. The molecule has 4 heteroatoms. The van der Waals surface area contributed by atoms with Crippen molar-refractivity contribution in [3.05, 3.63) is 64.1 Å². The molecule has 0 radical (unpaired) electrons. The third-order valence-electron chi connectivity index (χ3n) is 3.36. The number of quaternary nitrogens is 1. The summed E-state index contributed by atoms with van der Waals surface area (Å²) < 4.78 is 0.898. The highest BCUT2D eigenvalue weighted by Crippen LogP contribution is 2.20. The van der Waals surface area contributed by atoms with Crippen LogP contribution in [-0.4, -0.2) is 19.5 Å². The van der Waals surface area contributed by atoms with Gasteiger partial charge in [-0.2, -0.15) is 0 Å². The maximum Gasteiger partial charge on any atom is 0.279 e. The van der Waals surface area contributed by atoms with Crippen LogP contribution in [0.1, 0.15) is 11.1 Å². The van der Waals surface area contributed by atoms with Crippen molar-refractivity contribution in [3.63, 3.8) is 0 Å².